The van der Waals surface area contributed by atoms with Crippen LogP contribution in [0.4, 0.5) is 9.18 Å². The van der Waals surface area contributed by atoms with Gasteiger partial charge in [0.05, 0.1) is 6.26 Å². The summed E-state index contributed by atoms with van der Waals surface area (Å²) in [7, 11) is 0. The van der Waals surface area contributed by atoms with Gasteiger partial charge in [0.15, 0.2) is 0 Å². The average molecular weight is 316 g/mol. The average Bonchev–Trinajstić information content (AvgIpc) is 3.03. The standard InChI is InChI=1S/C18H21FN2O2/c19-14-8-6-13(7-9-14)16(17-5-2-12-23-17)10-11-20-18(22)21-15-3-1-4-15/h2,5-9,12,15-16H,1,3-4,10-11H2,(H2,20,21,22)/t16-/m0/s1. The van der Waals surface area contributed by atoms with E-state index in [0.717, 1.165) is 24.2 Å². The van der Waals surface area contributed by atoms with E-state index < -0.39 is 0 Å². The van der Waals surface area contributed by atoms with Gasteiger partial charge in [-0.2, -0.15) is 0 Å². The largest absolute Gasteiger partial charge is 0.469 e. The predicted molar refractivity (Wildman–Crippen MR) is 85.7 cm³/mol. The molecule has 2 amide bonds. The second kappa shape index (κ2) is 7.31. The molecule has 0 radical (unpaired) electrons. The highest BCUT2D eigenvalue weighted by molar-refractivity contribution is 5.74. The van der Waals surface area contributed by atoms with Crippen molar-refractivity contribution in [1.29, 1.82) is 0 Å². The number of hydrogen-bond donors (Lipinski definition) is 2. The van der Waals surface area contributed by atoms with Crippen LogP contribution in [0.25, 0.3) is 0 Å². The Morgan fingerprint density at radius 1 is 1.26 bits per heavy atom. The normalized spacial score (nSPS) is 15.7. The van der Waals surface area contributed by atoms with Crippen LogP contribution in [0.2, 0.25) is 0 Å². The Morgan fingerprint density at radius 2 is 2.04 bits per heavy atom. The summed E-state index contributed by atoms with van der Waals surface area (Å²) < 4.78 is 18.6. The number of amides is 2. The van der Waals surface area contributed by atoms with Gasteiger partial charge in [0.25, 0.3) is 0 Å². The molecule has 1 aromatic heterocycles. The number of halogens is 1. The lowest BCUT2D eigenvalue weighted by atomic mass is 9.93. The molecule has 1 aromatic carbocycles. The molecular weight excluding hydrogens is 295 g/mol. The Balaban J connectivity index is 1.58. The Bertz CT molecular complexity index is 621. The van der Waals surface area contributed by atoms with Crippen LogP contribution in [0.5, 0.6) is 0 Å². The van der Waals surface area contributed by atoms with Crippen LogP contribution >= 0.6 is 0 Å². The first-order valence-corrected chi connectivity index (χ1v) is 8.05. The SMILES string of the molecule is O=C(NCC[C@@H](c1ccc(F)cc1)c1ccco1)NC1CCC1. The number of furan rings is 1. The van der Waals surface area contributed by atoms with E-state index in [9.17, 15) is 9.18 Å². The van der Waals surface area contributed by atoms with Crippen molar-refractivity contribution in [1.82, 2.24) is 10.6 Å². The zero-order valence-electron chi connectivity index (χ0n) is 12.9. The number of carbonyl (C=O) groups is 1. The molecule has 3 rings (SSSR count). The van der Waals surface area contributed by atoms with Crippen LogP contribution < -0.4 is 10.6 Å². The first-order chi connectivity index (χ1) is 11.2. The van der Waals surface area contributed by atoms with Crippen LogP contribution in [0, 0.1) is 5.82 Å². The van der Waals surface area contributed by atoms with Crippen molar-refractivity contribution in [2.75, 3.05) is 6.54 Å². The van der Waals surface area contributed by atoms with Gasteiger partial charge in [0, 0.05) is 18.5 Å². The molecule has 23 heavy (non-hydrogen) atoms. The van der Waals surface area contributed by atoms with Crippen molar-refractivity contribution in [2.24, 2.45) is 0 Å². The molecule has 1 heterocycles. The van der Waals surface area contributed by atoms with Gasteiger partial charge >= 0.3 is 6.03 Å². The molecule has 1 aliphatic carbocycles. The molecule has 0 aliphatic heterocycles. The van der Waals surface area contributed by atoms with E-state index in [1.54, 1.807) is 18.4 Å². The highest BCUT2D eigenvalue weighted by Crippen LogP contribution is 2.28. The molecule has 5 heteroatoms. The Labute approximate surface area is 135 Å². The molecular formula is C18H21FN2O2. The third kappa shape index (κ3) is 4.12. The van der Waals surface area contributed by atoms with Crippen LogP contribution in [-0.4, -0.2) is 18.6 Å². The van der Waals surface area contributed by atoms with Crippen molar-refractivity contribution in [3.8, 4) is 0 Å². The van der Waals surface area contributed by atoms with Crippen LogP contribution in [0.3, 0.4) is 0 Å². The summed E-state index contributed by atoms with van der Waals surface area (Å²) in [4.78, 5) is 11.8. The highest BCUT2D eigenvalue weighted by Gasteiger charge is 2.20. The zero-order chi connectivity index (χ0) is 16.1. The van der Waals surface area contributed by atoms with E-state index in [-0.39, 0.29) is 17.8 Å². The summed E-state index contributed by atoms with van der Waals surface area (Å²) in [5.74, 6) is 0.553. The Morgan fingerprint density at radius 3 is 2.65 bits per heavy atom. The Kier molecular flexibility index (Phi) is 4.95. The summed E-state index contributed by atoms with van der Waals surface area (Å²) in [6, 6.07) is 10.4. The molecule has 0 saturated heterocycles. The third-order valence-electron chi connectivity index (χ3n) is 4.32. The molecule has 1 aliphatic rings. The minimum absolute atomic E-state index is 0.00500. The number of rotatable bonds is 6. The van der Waals surface area contributed by atoms with Crippen molar-refractivity contribution in [3.63, 3.8) is 0 Å². The third-order valence-corrected chi connectivity index (χ3v) is 4.32. The topological polar surface area (TPSA) is 54.3 Å². The fourth-order valence-electron chi connectivity index (χ4n) is 2.78. The van der Waals surface area contributed by atoms with E-state index in [1.165, 1.54) is 18.6 Å². The first-order valence-electron chi connectivity index (χ1n) is 8.05. The fourth-order valence-corrected chi connectivity index (χ4v) is 2.78. The van der Waals surface area contributed by atoms with Crippen LogP contribution in [-0.2, 0) is 0 Å². The smallest absolute Gasteiger partial charge is 0.315 e. The van der Waals surface area contributed by atoms with Crippen molar-refractivity contribution in [3.05, 3.63) is 59.8 Å². The number of benzene rings is 1. The van der Waals surface area contributed by atoms with E-state index in [2.05, 4.69) is 10.6 Å². The molecule has 0 unspecified atom stereocenters. The maximum absolute atomic E-state index is 13.1. The lowest BCUT2D eigenvalue weighted by molar-refractivity contribution is 0.228. The van der Waals surface area contributed by atoms with Crippen molar-refractivity contribution < 1.29 is 13.6 Å². The maximum Gasteiger partial charge on any atom is 0.315 e. The zero-order valence-corrected chi connectivity index (χ0v) is 12.9. The van der Waals surface area contributed by atoms with Crippen molar-refractivity contribution in [2.45, 2.75) is 37.6 Å². The van der Waals surface area contributed by atoms with E-state index >= 15 is 0 Å². The van der Waals surface area contributed by atoms with Crippen molar-refractivity contribution >= 4 is 6.03 Å². The van der Waals surface area contributed by atoms with Gasteiger partial charge in [0.2, 0.25) is 0 Å². The second-order valence-electron chi connectivity index (χ2n) is 5.94. The molecule has 1 saturated carbocycles. The second-order valence-corrected chi connectivity index (χ2v) is 5.94. The number of urea groups is 1. The molecule has 122 valence electrons. The molecule has 0 bridgehead atoms. The quantitative estimate of drug-likeness (QED) is 0.852. The first kappa shape index (κ1) is 15.6. The minimum Gasteiger partial charge on any atom is -0.469 e. The van der Waals surface area contributed by atoms with Gasteiger partial charge < -0.3 is 15.1 Å². The van der Waals surface area contributed by atoms with E-state index in [0.29, 0.717) is 19.0 Å². The lowest BCUT2D eigenvalue weighted by Crippen LogP contribution is -2.45. The van der Waals surface area contributed by atoms with Crippen LogP contribution in [0.15, 0.2) is 47.1 Å². The molecule has 2 aromatic rings. The molecule has 1 atom stereocenters. The van der Waals surface area contributed by atoms with Crippen LogP contribution in [0.1, 0.15) is 42.9 Å². The van der Waals surface area contributed by atoms with Gasteiger partial charge in [-0.3, -0.25) is 0 Å². The van der Waals surface area contributed by atoms with Gasteiger partial charge in [-0.25, -0.2) is 9.18 Å². The molecule has 0 spiro atoms. The van der Waals surface area contributed by atoms with Gasteiger partial charge in [-0.05, 0) is 55.5 Å². The highest BCUT2D eigenvalue weighted by atomic mass is 19.1. The monoisotopic (exact) mass is 316 g/mol. The number of nitrogens with one attached hydrogen (secondary N) is 2. The molecule has 4 nitrogen and oxygen atoms in total. The number of carbonyl (C=O) groups excluding carboxylic acids is 1. The van der Waals surface area contributed by atoms with E-state index in [4.69, 9.17) is 4.42 Å². The predicted octanol–water partition coefficient (Wildman–Crippen LogP) is 3.79. The summed E-state index contributed by atoms with van der Waals surface area (Å²) >= 11 is 0. The molecule has 2 N–H and O–H groups in total. The van der Waals surface area contributed by atoms with Gasteiger partial charge in [0.1, 0.15) is 11.6 Å². The Hall–Kier alpha value is -2.30. The lowest BCUT2D eigenvalue weighted by Gasteiger charge is -2.26. The van der Waals surface area contributed by atoms with Gasteiger partial charge in [-0.1, -0.05) is 12.1 Å². The summed E-state index contributed by atoms with van der Waals surface area (Å²) in [5, 5.41) is 5.84. The summed E-state index contributed by atoms with van der Waals surface area (Å²) in [5.41, 5.74) is 0.975. The van der Waals surface area contributed by atoms with E-state index in [1.807, 2.05) is 12.1 Å². The fraction of sp³-hybridized carbons (Fsp3) is 0.389. The summed E-state index contributed by atoms with van der Waals surface area (Å²) in [6.45, 7) is 0.529. The minimum atomic E-state index is -0.259. The summed E-state index contributed by atoms with van der Waals surface area (Å²) in [6.07, 6.45) is 5.64. The van der Waals surface area contributed by atoms with Gasteiger partial charge in [-0.15, -0.1) is 0 Å². The maximum atomic E-state index is 13.1. The number of hydrogen-bond acceptors (Lipinski definition) is 2. The molecule has 1 fully saturated rings.